The van der Waals surface area contributed by atoms with Crippen LogP contribution in [0.4, 0.5) is 0 Å². The van der Waals surface area contributed by atoms with Crippen molar-refractivity contribution in [1.82, 2.24) is 0 Å². The Balaban J connectivity index is 0.000000106. The summed E-state index contributed by atoms with van der Waals surface area (Å²) < 4.78 is 41.4. The van der Waals surface area contributed by atoms with Gasteiger partial charge in [-0.05, 0) is 217 Å². The van der Waals surface area contributed by atoms with Crippen LogP contribution < -0.4 is 0 Å². The minimum Gasteiger partial charge on any atom is -0.456 e. The fraction of sp³-hybridized carbons (Fsp3) is 0.0143. The summed E-state index contributed by atoms with van der Waals surface area (Å²) in [5.74, 6) is 5.19. The third-order valence-corrected chi connectivity index (χ3v) is 29.5. The first-order valence-corrected chi connectivity index (χ1v) is 49.9. The van der Waals surface area contributed by atoms with Gasteiger partial charge in [-0.3, -0.25) is 0 Å². The first-order chi connectivity index (χ1) is 72.3. The molecule has 0 saturated carbocycles. The Bertz CT molecular complexity index is 9790. The molecular formula is C140H88O6. The highest BCUT2D eigenvalue weighted by atomic mass is 16.4. The van der Waals surface area contributed by atoms with Crippen LogP contribution in [-0.2, 0) is 0 Å². The SMILES string of the molecule is Cc1ccc(-c2c(-c3c4ccccc4c(-c4oc5ccccc5c4-c4ccc(C)cc4)c4cc5ccccc5cc34)oc3ccccc23)cc1.c1ccc(-c2c(-c3c4ccccc4c(-c4oc5ccccc5c4-c4ccccc4)c4cc5ccccc5cc34)oc3ccccc23)cc1.c1ccc(-c2c3ccccc3c(-c3ccccc3)c3c(-c4cc5ccccc5o4)c4ccccc4c(-c4cc5ccccc5o4)c23)cc1. The summed E-state index contributed by atoms with van der Waals surface area (Å²) in [6.07, 6.45) is 0. The van der Waals surface area contributed by atoms with Gasteiger partial charge in [0.1, 0.15) is 68.1 Å². The Hall–Kier alpha value is -19.1. The summed E-state index contributed by atoms with van der Waals surface area (Å²) in [6.45, 7) is 4.26. The molecule has 30 rings (SSSR count). The van der Waals surface area contributed by atoms with Crippen molar-refractivity contribution in [3.05, 3.63) is 509 Å². The number of furan rings is 6. The standard InChI is InChI=1S/C48H32O2.2C46H28O2/c1-29-19-23-31(24-20-29)43-37-15-7-9-17-41(37)49-47(43)45-35-13-5-6-14-36(35)46(40-28-34-12-4-3-11-33(34)27-39(40)45)48-44(32-25-21-30(2)22-26-32)38-16-8-10-18-42(38)50-48;1-3-15-29(16-4-1)41-33-21-9-10-22-34(33)42(30-17-5-2-6-18-30)46-44(40-28-32-20-8-14-26-38(32)48-40)36-24-12-11-23-35(36)43(45(41)46)39-27-31-19-7-13-25-37(31)47-39;1-3-15-29(16-4-1)41-35-23-11-13-25-39(35)47-45(41)43-33-21-9-10-22-34(33)44(38-28-32-20-8-7-19-31(32)27-37(38)43)46-42(30-17-5-2-6-18-30)36-24-12-14-26-40(36)48-46/h3-28H,1-2H3;2*1-28H. The lowest BCUT2D eigenvalue weighted by Crippen LogP contribution is -1.97. The van der Waals surface area contributed by atoms with Gasteiger partial charge in [-0.25, -0.2) is 0 Å². The second kappa shape index (κ2) is 35.0. The van der Waals surface area contributed by atoms with Gasteiger partial charge in [-0.15, -0.1) is 0 Å². The maximum Gasteiger partial charge on any atom is 0.144 e. The molecule has 0 radical (unpaired) electrons. The van der Waals surface area contributed by atoms with E-state index >= 15 is 0 Å². The molecule has 0 aliphatic rings. The zero-order chi connectivity index (χ0) is 96.6. The summed E-state index contributed by atoms with van der Waals surface area (Å²) in [5, 5.41) is 27.2. The van der Waals surface area contributed by atoms with Gasteiger partial charge in [0.2, 0.25) is 0 Å². The Labute approximate surface area is 840 Å². The van der Waals surface area contributed by atoms with Crippen LogP contribution in [0.3, 0.4) is 0 Å². The number of hydrogen-bond donors (Lipinski definition) is 0. The molecule has 684 valence electrons. The molecule has 0 aliphatic heterocycles. The predicted molar refractivity (Wildman–Crippen MR) is 610 cm³/mol. The molecule has 0 aliphatic carbocycles. The number of fused-ring (bicyclic) bond motifs is 15. The largest absolute Gasteiger partial charge is 0.456 e. The Morgan fingerprint density at radius 3 is 0.568 bits per heavy atom. The highest BCUT2D eigenvalue weighted by Crippen LogP contribution is 2.59. The first-order valence-electron chi connectivity index (χ1n) is 49.9. The molecule has 0 unspecified atom stereocenters. The Morgan fingerprint density at radius 2 is 0.315 bits per heavy atom. The molecule has 0 amide bonds. The van der Waals surface area contributed by atoms with E-state index in [0.29, 0.717) is 0 Å². The molecule has 30 aromatic rings. The maximum atomic E-state index is 6.97. The molecule has 0 saturated heterocycles. The van der Waals surface area contributed by atoms with Crippen LogP contribution in [-0.4, -0.2) is 0 Å². The van der Waals surface area contributed by atoms with Crippen LogP contribution >= 0.6 is 0 Å². The molecule has 0 spiro atoms. The molecule has 6 heteroatoms. The third kappa shape index (κ3) is 14.1. The topological polar surface area (TPSA) is 78.8 Å². The van der Waals surface area contributed by atoms with Crippen molar-refractivity contribution in [2.24, 2.45) is 0 Å². The van der Waals surface area contributed by atoms with Gasteiger partial charge in [-0.2, -0.15) is 0 Å². The van der Waals surface area contributed by atoms with Crippen molar-refractivity contribution in [3.63, 3.8) is 0 Å². The third-order valence-electron chi connectivity index (χ3n) is 29.5. The van der Waals surface area contributed by atoms with E-state index in [4.69, 9.17) is 26.5 Å². The molecule has 146 heavy (non-hydrogen) atoms. The minimum absolute atomic E-state index is 0.847. The summed E-state index contributed by atoms with van der Waals surface area (Å²) in [6, 6.07) is 177. The second-order valence-corrected chi connectivity index (χ2v) is 38.1. The van der Waals surface area contributed by atoms with Crippen LogP contribution in [0.25, 0.3) is 297 Å². The zero-order valence-corrected chi connectivity index (χ0v) is 79.8. The van der Waals surface area contributed by atoms with Gasteiger partial charge in [0.05, 0.1) is 0 Å². The average Bonchev–Trinajstić information content (AvgIpc) is 1.05. The molecule has 6 aromatic heterocycles. The number of rotatable bonds is 12. The molecule has 6 nitrogen and oxygen atoms in total. The van der Waals surface area contributed by atoms with E-state index < -0.39 is 0 Å². The van der Waals surface area contributed by atoms with Gasteiger partial charge in [0.25, 0.3) is 0 Å². The molecule has 0 fully saturated rings. The number of hydrogen-bond acceptors (Lipinski definition) is 6. The van der Waals surface area contributed by atoms with Gasteiger partial charge in [0, 0.05) is 98.7 Å². The summed E-state index contributed by atoms with van der Waals surface area (Å²) >= 11 is 0. The molecule has 24 aromatic carbocycles. The van der Waals surface area contributed by atoms with Gasteiger partial charge in [-0.1, -0.05) is 436 Å². The van der Waals surface area contributed by atoms with Crippen LogP contribution in [0.2, 0.25) is 0 Å². The van der Waals surface area contributed by atoms with Gasteiger partial charge < -0.3 is 26.5 Å². The normalized spacial score (nSPS) is 11.8. The van der Waals surface area contributed by atoms with E-state index in [9.17, 15) is 0 Å². The molecule has 6 heterocycles. The number of benzene rings is 24. The van der Waals surface area contributed by atoms with Crippen molar-refractivity contribution >= 4 is 163 Å². The van der Waals surface area contributed by atoms with Crippen LogP contribution in [0, 0.1) is 13.8 Å². The van der Waals surface area contributed by atoms with E-state index in [1.165, 1.54) is 54.6 Å². The van der Waals surface area contributed by atoms with Crippen LogP contribution in [0.5, 0.6) is 0 Å². The van der Waals surface area contributed by atoms with Gasteiger partial charge in [0.15, 0.2) is 0 Å². The summed E-state index contributed by atoms with van der Waals surface area (Å²) in [5.41, 5.74) is 27.8. The number of para-hydroxylation sites is 6. The number of aryl methyl sites for hydroxylation is 2. The van der Waals surface area contributed by atoms with E-state index in [1.807, 2.05) is 24.3 Å². The van der Waals surface area contributed by atoms with E-state index in [-0.39, 0.29) is 0 Å². The maximum absolute atomic E-state index is 6.97. The molecular weight excluding hydrogens is 1780 g/mol. The minimum atomic E-state index is 0.847. The molecule has 0 N–H and O–H groups in total. The lowest BCUT2D eigenvalue weighted by atomic mass is 9.79. The van der Waals surface area contributed by atoms with Crippen molar-refractivity contribution in [3.8, 4) is 135 Å². The predicted octanol–water partition coefficient (Wildman–Crippen LogP) is 40.5. The Morgan fingerprint density at radius 1 is 0.123 bits per heavy atom. The Kier molecular flexibility index (Phi) is 20.3. The summed E-state index contributed by atoms with van der Waals surface area (Å²) in [7, 11) is 0. The smallest absolute Gasteiger partial charge is 0.144 e. The fourth-order valence-corrected chi connectivity index (χ4v) is 23.0. The lowest BCUT2D eigenvalue weighted by molar-refractivity contribution is 0.631. The molecule has 0 bridgehead atoms. The van der Waals surface area contributed by atoms with E-state index in [2.05, 4.69) is 487 Å². The van der Waals surface area contributed by atoms with Crippen LogP contribution in [0.15, 0.2) is 524 Å². The zero-order valence-electron chi connectivity index (χ0n) is 79.8. The monoisotopic (exact) mass is 1860 g/mol. The lowest BCUT2D eigenvalue weighted by Gasteiger charge is -2.23. The summed E-state index contributed by atoms with van der Waals surface area (Å²) in [4.78, 5) is 0. The van der Waals surface area contributed by atoms with Crippen molar-refractivity contribution in [1.29, 1.82) is 0 Å². The van der Waals surface area contributed by atoms with Gasteiger partial charge >= 0.3 is 0 Å². The first kappa shape index (κ1) is 84.9. The second-order valence-electron chi connectivity index (χ2n) is 38.1. The fourth-order valence-electron chi connectivity index (χ4n) is 23.0. The molecule has 0 atom stereocenters. The highest BCUT2D eigenvalue weighted by Gasteiger charge is 2.34. The van der Waals surface area contributed by atoms with E-state index in [1.54, 1.807) is 0 Å². The quantitative estimate of drug-likeness (QED) is 0.113. The van der Waals surface area contributed by atoms with Crippen molar-refractivity contribution < 1.29 is 26.5 Å². The van der Waals surface area contributed by atoms with Crippen molar-refractivity contribution in [2.75, 3.05) is 0 Å². The van der Waals surface area contributed by atoms with E-state index in [0.717, 1.165) is 254 Å². The van der Waals surface area contributed by atoms with Crippen LogP contribution in [0.1, 0.15) is 11.1 Å². The average molecular weight is 1870 g/mol. The van der Waals surface area contributed by atoms with Crippen molar-refractivity contribution in [2.45, 2.75) is 13.8 Å². The highest BCUT2D eigenvalue weighted by molar-refractivity contribution is 6.35.